The van der Waals surface area contributed by atoms with E-state index in [0.29, 0.717) is 0 Å². The maximum absolute atomic E-state index is 11.9. The van der Waals surface area contributed by atoms with Crippen molar-refractivity contribution >= 4 is 17.5 Å². The van der Waals surface area contributed by atoms with Crippen LogP contribution >= 0.6 is 11.8 Å². The van der Waals surface area contributed by atoms with Crippen LogP contribution < -0.4 is 0 Å². The molecule has 3 nitrogen and oxygen atoms in total. The van der Waals surface area contributed by atoms with Gasteiger partial charge in [0.1, 0.15) is 0 Å². The van der Waals surface area contributed by atoms with Crippen LogP contribution in [0.1, 0.15) is 23.7 Å². The smallest absolute Gasteiger partial charge is 0.169 e. The van der Waals surface area contributed by atoms with Crippen LogP contribution in [0.15, 0.2) is 12.4 Å². The Morgan fingerprint density at radius 1 is 1.79 bits per heavy atom. The number of nitrogens with zero attached hydrogens (tertiary/aromatic N) is 2. The van der Waals surface area contributed by atoms with Crippen molar-refractivity contribution in [2.45, 2.75) is 19.9 Å². The molecule has 1 aliphatic rings. The van der Waals surface area contributed by atoms with Crippen molar-refractivity contribution in [2.75, 3.05) is 11.5 Å². The molecule has 0 bridgehead atoms. The highest BCUT2D eigenvalue weighted by molar-refractivity contribution is 7.99. The molecule has 0 radical (unpaired) electrons. The van der Waals surface area contributed by atoms with E-state index in [1.54, 1.807) is 10.9 Å². The van der Waals surface area contributed by atoms with Crippen molar-refractivity contribution in [2.24, 2.45) is 5.92 Å². The standard InChI is InChI=1S/C10H14N2OS/c1-2-12-6-9(5-11-12)10(13)8-3-4-14-7-8/h5-6,8H,2-4,7H2,1H3. The third-order valence-corrected chi connectivity index (χ3v) is 3.70. The molecule has 76 valence electrons. The number of hydrogen-bond acceptors (Lipinski definition) is 3. The van der Waals surface area contributed by atoms with Crippen molar-refractivity contribution < 1.29 is 4.79 Å². The third-order valence-electron chi connectivity index (χ3n) is 2.54. The lowest BCUT2D eigenvalue weighted by molar-refractivity contribution is 0.0933. The zero-order chi connectivity index (χ0) is 9.97. The number of carbonyl (C=O) groups excluding carboxylic acids is 1. The molecule has 0 saturated carbocycles. The molecule has 1 saturated heterocycles. The number of ketones is 1. The van der Waals surface area contributed by atoms with Gasteiger partial charge in [-0.15, -0.1) is 0 Å². The number of rotatable bonds is 3. The van der Waals surface area contributed by atoms with E-state index in [1.807, 2.05) is 24.9 Å². The van der Waals surface area contributed by atoms with Gasteiger partial charge in [-0.3, -0.25) is 9.48 Å². The van der Waals surface area contributed by atoms with Gasteiger partial charge >= 0.3 is 0 Å². The molecule has 2 heterocycles. The van der Waals surface area contributed by atoms with Gasteiger partial charge in [0.05, 0.1) is 11.8 Å². The second-order valence-electron chi connectivity index (χ2n) is 3.51. The van der Waals surface area contributed by atoms with Crippen LogP contribution in [-0.2, 0) is 6.54 Å². The summed E-state index contributed by atoms with van der Waals surface area (Å²) in [4.78, 5) is 11.9. The molecule has 0 amide bonds. The Kier molecular flexibility index (Phi) is 2.91. The van der Waals surface area contributed by atoms with Crippen LogP contribution in [0.4, 0.5) is 0 Å². The largest absolute Gasteiger partial charge is 0.294 e. The first-order chi connectivity index (χ1) is 6.81. The van der Waals surface area contributed by atoms with Crippen LogP contribution in [0.3, 0.4) is 0 Å². The summed E-state index contributed by atoms with van der Waals surface area (Å²) in [5, 5.41) is 4.12. The van der Waals surface area contributed by atoms with Gasteiger partial charge in [0.2, 0.25) is 0 Å². The Labute approximate surface area is 87.9 Å². The lowest BCUT2D eigenvalue weighted by Crippen LogP contribution is -2.13. The lowest BCUT2D eigenvalue weighted by Gasteiger charge is -2.03. The van der Waals surface area contributed by atoms with E-state index in [4.69, 9.17) is 0 Å². The fourth-order valence-electron chi connectivity index (χ4n) is 1.64. The van der Waals surface area contributed by atoms with Gasteiger partial charge in [-0.25, -0.2) is 0 Å². The molecule has 1 aliphatic heterocycles. The minimum absolute atomic E-state index is 0.231. The topological polar surface area (TPSA) is 34.9 Å². The Morgan fingerprint density at radius 2 is 2.64 bits per heavy atom. The fourth-order valence-corrected chi connectivity index (χ4v) is 2.86. The molecule has 0 spiro atoms. The summed E-state index contributed by atoms with van der Waals surface area (Å²) in [6.07, 6.45) is 4.57. The molecule has 0 aliphatic carbocycles. The second-order valence-corrected chi connectivity index (χ2v) is 4.66. The van der Waals surface area contributed by atoms with Gasteiger partial charge in [-0.05, 0) is 19.1 Å². The minimum atomic E-state index is 0.231. The number of carbonyl (C=O) groups is 1. The minimum Gasteiger partial charge on any atom is -0.294 e. The van der Waals surface area contributed by atoms with E-state index in [0.717, 1.165) is 30.0 Å². The highest BCUT2D eigenvalue weighted by Gasteiger charge is 2.24. The number of aromatic nitrogens is 2. The SMILES string of the molecule is CCn1cc(C(=O)C2CCSC2)cn1. The monoisotopic (exact) mass is 210 g/mol. The van der Waals surface area contributed by atoms with Crippen LogP contribution in [0.2, 0.25) is 0 Å². The molecule has 4 heteroatoms. The van der Waals surface area contributed by atoms with E-state index < -0.39 is 0 Å². The second kappa shape index (κ2) is 4.17. The average Bonchev–Trinajstić information content (AvgIpc) is 2.88. The van der Waals surface area contributed by atoms with E-state index in [2.05, 4.69) is 5.10 Å². The van der Waals surface area contributed by atoms with Gasteiger partial charge in [-0.1, -0.05) is 0 Å². The van der Waals surface area contributed by atoms with Crippen molar-refractivity contribution in [3.8, 4) is 0 Å². The molecule has 1 unspecified atom stereocenters. The molecule has 1 atom stereocenters. The van der Waals surface area contributed by atoms with Crippen LogP contribution in [0.5, 0.6) is 0 Å². The molecule has 2 rings (SSSR count). The summed E-state index contributed by atoms with van der Waals surface area (Å²) in [7, 11) is 0. The van der Waals surface area contributed by atoms with E-state index >= 15 is 0 Å². The number of aryl methyl sites for hydroxylation is 1. The highest BCUT2D eigenvalue weighted by Crippen LogP contribution is 2.26. The maximum Gasteiger partial charge on any atom is 0.169 e. The van der Waals surface area contributed by atoms with Gasteiger partial charge in [0.25, 0.3) is 0 Å². The predicted molar refractivity (Wildman–Crippen MR) is 57.7 cm³/mol. The first-order valence-electron chi connectivity index (χ1n) is 4.95. The van der Waals surface area contributed by atoms with Gasteiger partial charge in [0.15, 0.2) is 5.78 Å². The van der Waals surface area contributed by atoms with E-state index in [1.165, 1.54) is 0 Å². The summed E-state index contributed by atoms with van der Waals surface area (Å²) >= 11 is 1.87. The number of hydrogen-bond donors (Lipinski definition) is 0. The van der Waals surface area contributed by atoms with Crippen molar-refractivity contribution in [1.29, 1.82) is 0 Å². The Hall–Kier alpha value is -0.770. The molecule has 1 aromatic heterocycles. The van der Waals surface area contributed by atoms with Crippen LogP contribution in [-0.4, -0.2) is 27.1 Å². The van der Waals surface area contributed by atoms with Crippen LogP contribution in [0.25, 0.3) is 0 Å². The fraction of sp³-hybridized carbons (Fsp3) is 0.600. The summed E-state index contributed by atoms with van der Waals surface area (Å²) in [6, 6.07) is 0. The summed E-state index contributed by atoms with van der Waals surface area (Å²) in [5.74, 6) is 2.61. The third kappa shape index (κ3) is 1.85. The molecule has 1 fully saturated rings. The zero-order valence-electron chi connectivity index (χ0n) is 8.27. The Bertz CT molecular complexity index is 329. The van der Waals surface area contributed by atoms with Crippen LogP contribution in [0, 0.1) is 5.92 Å². The van der Waals surface area contributed by atoms with Crippen molar-refractivity contribution in [1.82, 2.24) is 9.78 Å². The number of Topliss-reactive ketones (excluding diaryl/α,β-unsaturated/α-hetero) is 1. The number of thioether (sulfide) groups is 1. The molecule has 0 aromatic carbocycles. The molecule has 0 N–H and O–H groups in total. The van der Waals surface area contributed by atoms with Crippen molar-refractivity contribution in [3.63, 3.8) is 0 Å². The van der Waals surface area contributed by atoms with E-state index in [9.17, 15) is 4.79 Å². The highest BCUT2D eigenvalue weighted by atomic mass is 32.2. The Balaban J connectivity index is 2.09. The molecule has 14 heavy (non-hydrogen) atoms. The van der Waals surface area contributed by atoms with Gasteiger partial charge in [0, 0.05) is 24.4 Å². The molecule has 1 aromatic rings. The first-order valence-corrected chi connectivity index (χ1v) is 6.11. The quantitative estimate of drug-likeness (QED) is 0.714. The zero-order valence-corrected chi connectivity index (χ0v) is 9.09. The van der Waals surface area contributed by atoms with E-state index in [-0.39, 0.29) is 11.7 Å². The van der Waals surface area contributed by atoms with Gasteiger partial charge in [-0.2, -0.15) is 16.9 Å². The predicted octanol–water partition coefficient (Wildman–Crippen LogP) is 1.84. The van der Waals surface area contributed by atoms with Gasteiger partial charge < -0.3 is 0 Å². The normalized spacial score (nSPS) is 21.4. The summed E-state index contributed by atoms with van der Waals surface area (Å²) in [6.45, 7) is 2.85. The maximum atomic E-state index is 11.9. The molecular weight excluding hydrogens is 196 g/mol. The average molecular weight is 210 g/mol. The Morgan fingerprint density at radius 3 is 3.21 bits per heavy atom. The molecular formula is C10H14N2OS. The summed E-state index contributed by atoms with van der Waals surface area (Å²) in [5.41, 5.74) is 0.777. The van der Waals surface area contributed by atoms with Crippen molar-refractivity contribution in [3.05, 3.63) is 18.0 Å². The summed E-state index contributed by atoms with van der Waals surface area (Å²) < 4.78 is 1.80. The first kappa shape index (κ1) is 9.77. The lowest BCUT2D eigenvalue weighted by atomic mass is 10.00.